The second-order valence-corrected chi connectivity index (χ2v) is 4.33. The maximum absolute atomic E-state index is 11.6. The summed E-state index contributed by atoms with van der Waals surface area (Å²) in [5.41, 5.74) is 6.05. The van der Waals surface area contributed by atoms with Crippen LogP contribution in [0.3, 0.4) is 0 Å². The van der Waals surface area contributed by atoms with Crippen LogP contribution in [0.2, 0.25) is 0 Å². The lowest BCUT2D eigenvalue weighted by atomic mass is 10.2. The predicted octanol–water partition coefficient (Wildman–Crippen LogP) is 1.24. The molecule has 0 aliphatic heterocycles. The number of nitrogens with two attached hydrogens (primary N) is 1. The van der Waals surface area contributed by atoms with Crippen molar-refractivity contribution in [1.29, 1.82) is 0 Å². The molecule has 0 saturated heterocycles. The molecule has 18 heavy (non-hydrogen) atoms. The fraction of sp³-hybridized carbons (Fsp3) is 0.333. The zero-order chi connectivity index (χ0) is 13.5. The van der Waals surface area contributed by atoms with E-state index in [1.54, 1.807) is 30.8 Å². The maximum atomic E-state index is 11.6. The molecule has 0 saturated carbocycles. The SMILES string of the molecule is CCOC(=O)C(N)C(=O)Nc1ccc(SC)cc1. The molecule has 1 amide bonds. The molecule has 0 radical (unpaired) electrons. The third-order valence-electron chi connectivity index (χ3n) is 2.18. The van der Waals surface area contributed by atoms with E-state index < -0.39 is 17.9 Å². The Balaban J connectivity index is 2.60. The first-order valence-electron chi connectivity index (χ1n) is 5.45. The normalized spacial score (nSPS) is 11.7. The molecule has 0 aliphatic rings. The molecule has 0 heterocycles. The Kier molecular flexibility index (Phi) is 5.67. The number of hydrogen-bond donors (Lipinski definition) is 2. The number of anilines is 1. The van der Waals surface area contributed by atoms with Gasteiger partial charge in [-0.05, 0) is 37.4 Å². The molecule has 1 unspecified atom stereocenters. The number of rotatable bonds is 5. The van der Waals surface area contributed by atoms with Crippen molar-refractivity contribution in [2.24, 2.45) is 5.73 Å². The lowest BCUT2D eigenvalue weighted by Gasteiger charge is -2.11. The molecule has 0 bridgehead atoms. The van der Waals surface area contributed by atoms with Gasteiger partial charge in [-0.3, -0.25) is 4.79 Å². The summed E-state index contributed by atoms with van der Waals surface area (Å²) < 4.78 is 4.67. The topological polar surface area (TPSA) is 81.4 Å². The molecule has 1 aromatic carbocycles. The Bertz CT molecular complexity index is 420. The van der Waals surface area contributed by atoms with Crippen molar-refractivity contribution in [3.8, 4) is 0 Å². The molecule has 6 heteroatoms. The van der Waals surface area contributed by atoms with E-state index in [-0.39, 0.29) is 6.61 Å². The lowest BCUT2D eigenvalue weighted by Crippen LogP contribution is -2.43. The number of ether oxygens (including phenoxy) is 1. The van der Waals surface area contributed by atoms with Crippen LogP contribution >= 0.6 is 11.8 Å². The average Bonchev–Trinajstić information content (AvgIpc) is 2.39. The lowest BCUT2D eigenvalue weighted by molar-refractivity contribution is -0.146. The largest absolute Gasteiger partial charge is 0.464 e. The second-order valence-electron chi connectivity index (χ2n) is 3.45. The molecule has 0 aromatic heterocycles. The van der Waals surface area contributed by atoms with Gasteiger partial charge in [0.25, 0.3) is 5.91 Å². The fourth-order valence-electron chi connectivity index (χ4n) is 1.23. The molecule has 1 rings (SSSR count). The molecular weight excluding hydrogens is 252 g/mol. The summed E-state index contributed by atoms with van der Waals surface area (Å²) in [6.45, 7) is 1.85. The zero-order valence-corrected chi connectivity index (χ0v) is 11.1. The van der Waals surface area contributed by atoms with Crippen LogP contribution in [0.1, 0.15) is 6.92 Å². The third-order valence-corrected chi connectivity index (χ3v) is 2.92. The van der Waals surface area contributed by atoms with Crippen molar-refractivity contribution in [1.82, 2.24) is 0 Å². The van der Waals surface area contributed by atoms with E-state index in [9.17, 15) is 9.59 Å². The molecule has 0 aliphatic carbocycles. The monoisotopic (exact) mass is 268 g/mol. The van der Waals surface area contributed by atoms with Crippen molar-refractivity contribution in [2.45, 2.75) is 17.9 Å². The van der Waals surface area contributed by atoms with Crippen LogP contribution in [0.15, 0.2) is 29.2 Å². The highest BCUT2D eigenvalue weighted by Crippen LogP contribution is 2.17. The van der Waals surface area contributed by atoms with Gasteiger partial charge in [0.2, 0.25) is 0 Å². The summed E-state index contributed by atoms with van der Waals surface area (Å²) in [6.07, 6.45) is 1.96. The minimum absolute atomic E-state index is 0.197. The number of thioether (sulfide) groups is 1. The molecule has 5 nitrogen and oxygen atoms in total. The average molecular weight is 268 g/mol. The highest BCUT2D eigenvalue weighted by molar-refractivity contribution is 7.98. The van der Waals surface area contributed by atoms with E-state index in [0.717, 1.165) is 4.90 Å². The van der Waals surface area contributed by atoms with Crippen LogP contribution in [-0.2, 0) is 14.3 Å². The fourth-order valence-corrected chi connectivity index (χ4v) is 1.64. The maximum Gasteiger partial charge on any atom is 0.332 e. The van der Waals surface area contributed by atoms with E-state index in [4.69, 9.17) is 5.73 Å². The molecule has 0 spiro atoms. The van der Waals surface area contributed by atoms with Gasteiger partial charge in [0.15, 0.2) is 6.04 Å². The first-order chi connectivity index (χ1) is 8.58. The van der Waals surface area contributed by atoms with Crippen molar-refractivity contribution >= 4 is 29.3 Å². The van der Waals surface area contributed by atoms with Gasteiger partial charge in [-0.1, -0.05) is 0 Å². The Labute approximate surface area is 110 Å². The molecule has 3 N–H and O–H groups in total. The standard InChI is InChI=1S/C12H16N2O3S/c1-3-17-12(16)10(13)11(15)14-8-4-6-9(18-2)7-5-8/h4-7,10H,3,13H2,1-2H3,(H,14,15). The Morgan fingerprint density at radius 2 is 2.00 bits per heavy atom. The van der Waals surface area contributed by atoms with Crippen LogP contribution < -0.4 is 11.1 Å². The van der Waals surface area contributed by atoms with Crippen molar-refractivity contribution < 1.29 is 14.3 Å². The Hall–Kier alpha value is -1.53. The van der Waals surface area contributed by atoms with Gasteiger partial charge in [-0.15, -0.1) is 11.8 Å². The van der Waals surface area contributed by atoms with Gasteiger partial charge in [0.1, 0.15) is 0 Å². The van der Waals surface area contributed by atoms with Gasteiger partial charge >= 0.3 is 5.97 Å². The Morgan fingerprint density at radius 3 is 2.50 bits per heavy atom. The number of hydrogen-bond acceptors (Lipinski definition) is 5. The van der Waals surface area contributed by atoms with Gasteiger partial charge < -0.3 is 15.8 Å². The molecule has 98 valence electrons. The molecule has 1 aromatic rings. The van der Waals surface area contributed by atoms with E-state index in [1.807, 2.05) is 18.4 Å². The number of nitrogens with one attached hydrogen (secondary N) is 1. The minimum atomic E-state index is -1.30. The van der Waals surface area contributed by atoms with Gasteiger partial charge in [-0.25, -0.2) is 4.79 Å². The highest BCUT2D eigenvalue weighted by atomic mass is 32.2. The van der Waals surface area contributed by atoms with Crippen molar-refractivity contribution in [3.63, 3.8) is 0 Å². The molecule has 1 atom stereocenters. The summed E-state index contributed by atoms with van der Waals surface area (Å²) in [6, 6.07) is 5.94. The smallest absolute Gasteiger partial charge is 0.332 e. The van der Waals surface area contributed by atoms with Gasteiger partial charge in [-0.2, -0.15) is 0 Å². The van der Waals surface area contributed by atoms with Crippen molar-refractivity contribution in [2.75, 3.05) is 18.2 Å². The number of carbonyl (C=O) groups excluding carboxylic acids is 2. The quantitative estimate of drug-likeness (QED) is 0.477. The summed E-state index contributed by atoms with van der Waals surface area (Å²) in [7, 11) is 0. The van der Waals surface area contributed by atoms with E-state index in [2.05, 4.69) is 10.1 Å². The summed E-state index contributed by atoms with van der Waals surface area (Å²) >= 11 is 1.60. The third kappa shape index (κ3) is 4.05. The molecular formula is C12H16N2O3S. The number of esters is 1. The van der Waals surface area contributed by atoms with Crippen LogP contribution in [0.25, 0.3) is 0 Å². The number of amides is 1. The Morgan fingerprint density at radius 1 is 1.39 bits per heavy atom. The zero-order valence-electron chi connectivity index (χ0n) is 10.3. The number of carbonyl (C=O) groups is 2. The first kappa shape index (κ1) is 14.5. The van der Waals surface area contributed by atoms with Crippen LogP contribution in [0.5, 0.6) is 0 Å². The van der Waals surface area contributed by atoms with E-state index in [0.29, 0.717) is 5.69 Å². The van der Waals surface area contributed by atoms with E-state index in [1.165, 1.54) is 0 Å². The second kappa shape index (κ2) is 7.03. The molecule has 0 fully saturated rings. The predicted molar refractivity (Wildman–Crippen MR) is 71.5 cm³/mol. The highest BCUT2D eigenvalue weighted by Gasteiger charge is 2.23. The van der Waals surface area contributed by atoms with Gasteiger partial charge in [0, 0.05) is 10.6 Å². The summed E-state index contributed by atoms with van der Waals surface area (Å²) in [5.74, 6) is -1.30. The van der Waals surface area contributed by atoms with Crippen LogP contribution in [0.4, 0.5) is 5.69 Å². The minimum Gasteiger partial charge on any atom is -0.464 e. The van der Waals surface area contributed by atoms with E-state index >= 15 is 0 Å². The van der Waals surface area contributed by atoms with Crippen LogP contribution in [-0.4, -0.2) is 30.8 Å². The number of benzene rings is 1. The summed E-state index contributed by atoms with van der Waals surface area (Å²) in [5, 5.41) is 2.56. The van der Waals surface area contributed by atoms with Crippen molar-refractivity contribution in [3.05, 3.63) is 24.3 Å². The summed E-state index contributed by atoms with van der Waals surface area (Å²) in [4.78, 5) is 24.0. The van der Waals surface area contributed by atoms with Gasteiger partial charge in [0.05, 0.1) is 6.61 Å². The first-order valence-corrected chi connectivity index (χ1v) is 6.68. The van der Waals surface area contributed by atoms with Crippen LogP contribution in [0, 0.1) is 0 Å².